The number of halogens is 6. The van der Waals surface area contributed by atoms with E-state index in [9.17, 15) is 45.4 Å². The van der Waals surface area contributed by atoms with Crippen molar-refractivity contribution >= 4 is 19.7 Å². The van der Waals surface area contributed by atoms with Gasteiger partial charge in [0.25, 0.3) is 0 Å². The number of benzene rings is 1. The topological polar surface area (TPSA) is 137 Å². The molecule has 17 heteroatoms. The van der Waals surface area contributed by atoms with Gasteiger partial charge in [0, 0.05) is 38.7 Å². The van der Waals surface area contributed by atoms with E-state index in [-0.39, 0.29) is 18.5 Å². The summed E-state index contributed by atoms with van der Waals surface area (Å²) >= 11 is 0. The van der Waals surface area contributed by atoms with Gasteiger partial charge < -0.3 is 19.7 Å². The number of nitrogens with zero attached hydrogens (tertiary/aromatic N) is 3. The van der Waals surface area contributed by atoms with Crippen molar-refractivity contribution in [2.45, 2.75) is 38.1 Å². The van der Waals surface area contributed by atoms with Gasteiger partial charge in [0.05, 0.1) is 12.2 Å². The van der Waals surface area contributed by atoms with Crippen LogP contribution in [0.3, 0.4) is 0 Å². The second-order valence-electron chi connectivity index (χ2n) is 7.75. The zero-order chi connectivity index (χ0) is 27.0. The van der Waals surface area contributed by atoms with Crippen molar-refractivity contribution in [3.05, 3.63) is 52.4 Å². The number of hydrogen-bond donors (Lipinski definition) is 2. The zero-order valence-corrected chi connectivity index (χ0v) is 19.3. The first-order valence-corrected chi connectivity index (χ1v) is 11.6. The molecule has 3 rings (SSSR count). The van der Waals surface area contributed by atoms with E-state index in [4.69, 9.17) is 5.73 Å². The minimum atomic E-state index is -5.00. The van der Waals surface area contributed by atoms with Crippen LogP contribution < -0.4 is 5.73 Å². The second-order valence-corrected chi connectivity index (χ2v) is 9.24. The Hall–Kier alpha value is -2.94. The number of carbonyl (C=O) groups excluding carboxylic acids is 2. The van der Waals surface area contributed by atoms with E-state index < -0.39 is 86.1 Å². The molecule has 1 aliphatic rings. The summed E-state index contributed by atoms with van der Waals surface area (Å²) in [4.78, 5) is 38.6. The third-order valence-electron chi connectivity index (χ3n) is 5.24. The van der Waals surface area contributed by atoms with Crippen molar-refractivity contribution in [2.24, 2.45) is 5.73 Å². The highest BCUT2D eigenvalue weighted by Crippen LogP contribution is 2.43. The van der Waals surface area contributed by atoms with Crippen LogP contribution in [0.25, 0.3) is 0 Å². The maximum absolute atomic E-state index is 13.9. The quantitative estimate of drug-likeness (QED) is 0.308. The van der Waals surface area contributed by atoms with Gasteiger partial charge in [-0.25, -0.2) is 27.5 Å². The van der Waals surface area contributed by atoms with Crippen molar-refractivity contribution in [3.63, 3.8) is 0 Å². The number of phosphoric acid groups is 1. The van der Waals surface area contributed by atoms with Gasteiger partial charge >= 0.3 is 20.0 Å². The lowest BCUT2D eigenvalue weighted by molar-refractivity contribution is -0.148. The minimum absolute atomic E-state index is 0.247. The van der Waals surface area contributed by atoms with Crippen molar-refractivity contribution in [3.8, 4) is 0 Å². The van der Waals surface area contributed by atoms with Crippen LogP contribution in [-0.4, -0.2) is 50.9 Å². The zero-order valence-electron chi connectivity index (χ0n) is 18.4. The monoisotopic (exact) mass is 544 g/mol. The standard InChI is InChI=1S/C19H19F6N4O6P/c1-34-36(32,33)35-17(31)16-14-8-28(2-3-29(14)18(27-16)19(23,24)25)15(30)6-10(26)4-9-5-12(21)13(22)7-11(9)20/h5,7,10H,2-4,6,8,26H2,1H3,(H,32,33)/t10-/m1/s1. The molecule has 10 nitrogen and oxygen atoms in total. The lowest BCUT2D eigenvalue weighted by atomic mass is 10.0. The van der Waals surface area contributed by atoms with Crippen LogP contribution in [-0.2, 0) is 44.1 Å². The first-order valence-electron chi connectivity index (χ1n) is 10.1. The smallest absolute Gasteiger partial charge is 0.366 e. The molecule has 2 atom stereocenters. The molecule has 1 amide bonds. The fourth-order valence-electron chi connectivity index (χ4n) is 3.57. The fraction of sp³-hybridized carbons (Fsp3) is 0.421. The van der Waals surface area contributed by atoms with Crippen molar-refractivity contribution in [1.82, 2.24) is 14.5 Å². The molecular weight excluding hydrogens is 525 g/mol. The summed E-state index contributed by atoms with van der Waals surface area (Å²) in [6.45, 7) is -1.26. The highest BCUT2D eigenvalue weighted by atomic mass is 31.2. The van der Waals surface area contributed by atoms with Crippen LogP contribution in [0.15, 0.2) is 12.1 Å². The average Bonchev–Trinajstić information content (AvgIpc) is 3.16. The molecule has 1 aliphatic heterocycles. The third-order valence-corrected chi connectivity index (χ3v) is 6.10. The third kappa shape index (κ3) is 6.06. The molecule has 198 valence electrons. The largest absolute Gasteiger partial charge is 0.529 e. The molecule has 0 saturated carbocycles. The number of phosphoric ester groups is 1. The molecule has 0 fully saturated rings. The van der Waals surface area contributed by atoms with E-state index in [1.807, 2.05) is 0 Å². The molecule has 1 unspecified atom stereocenters. The van der Waals surface area contributed by atoms with Crippen LogP contribution in [0.4, 0.5) is 26.3 Å². The van der Waals surface area contributed by atoms with Gasteiger partial charge in [-0.05, 0) is 18.1 Å². The van der Waals surface area contributed by atoms with Gasteiger partial charge in [-0.1, -0.05) is 0 Å². The lowest BCUT2D eigenvalue weighted by Crippen LogP contribution is -2.42. The lowest BCUT2D eigenvalue weighted by Gasteiger charge is -2.30. The van der Waals surface area contributed by atoms with Crippen molar-refractivity contribution in [2.75, 3.05) is 13.7 Å². The number of hydrogen-bond acceptors (Lipinski definition) is 7. The SMILES string of the molecule is COP(=O)(O)OC(=O)c1nc(C(F)(F)F)n2c1CN(C(=O)C[C@H](N)Cc1cc(F)c(F)cc1F)CC2. The summed E-state index contributed by atoms with van der Waals surface area (Å²) < 4.78 is 101. The molecular formula is C19H19F6N4O6P. The van der Waals surface area contributed by atoms with Gasteiger partial charge in [0.15, 0.2) is 17.3 Å². The molecule has 1 aromatic heterocycles. The Kier molecular flexibility index (Phi) is 7.83. The molecule has 36 heavy (non-hydrogen) atoms. The molecule has 1 aromatic carbocycles. The fourth-order valence-corrected chi connectivity index (χ4v) is 3.94. The van der Waals surface area contributed by atoms with Gasteiger partial charge in [0.1, 0.15) is 5.82 Å². The number of aromatic nitrogens is 2. The number of nitrogens with two attached hydrogens (primary N) is 1. The highest BCUT2D eigenvalue weighted by molar-refractivity contribution is 7.48. The number of fused-ring (bicyclic) bond motifs is 1. The Bertz CT molecular complexity index is 1240. The summed E-state index contributed by atoms with van der Waals surface area (Å²) in [5.41, 5.74) is 4.21. The molecule has 0 radical (unpaired) electrons. The number of carbonyl (C=O) groups is 2. The second kappa shape index (κ2) is 10.2. The summed E-state index contributed by atoms with van der Waals surface area (Å²) in [7, 11) is -4.19. The number of rotatable bonds is 7. The molecule has 0 bridgehead atoms. The van der Waals surface area contributed by atoms with E-state index in [1.165, 1.54) is 0 Å². The van der Waals surface area contributed by atoms with E-state index >= 15 is 0 Å². The summed E-state index contributed by atoms with van der Waals surface area (Å²) in [6, 6.07) is -0.135. The summed E-state index contributed by atoms with van der Waals surface area (Å²) in [5, 5.41) is 0. The maximum Gasteiger partial charge on any atom is 0.529 e. The van der Waals surface area contributed by atoms with Gasteiger partial charge in [0.2, 0.25) is 11.7 Å². The maximum atomic E-state index is 13.9. The molecule has 2 heterocycles. The Balaban J connectivity index is 1.80. The van der Waals surface area contributed by atoms with Crippen LogP contribution in [0.1, 0.15) is 34.0 Å². The number of imidazole rings is 1. The molecule has 0 aliphatic carbocycles. The van der Waals surface area contributed by atoms with E-state index in [0.717, 1.165) is 12.0 Å². The van der Waals surface area contributed by atoms with Gasteiger partial charge in [-0.2, -0.15) is 13.2 Å². The van der Waals surface area contributed by atoms with Gasteiger partial charge in [-0.15, -0.1) is 0 Å². The van der Waals surface area contributed by atoms with Crippen molar-refractivity contribution in [1.29, 1.82) is 0 Å². The Labute approximate surface area is 199 Å². The van der Waals surface area contributed by atoms with Crippen LogP contribution in [0.5, 0.6) is 0 Å². The van der Waals surface area contributed by atoms with E-state index in [2.05, 4.69) is 14.0 Å². The highest BCUT2D eigenvalue weighted by Gasteiger charge is 2.43. The Morgan fingerprint density at radius 2 is 1.83 bits per heavy atom. The van der Waals surface area contributed by atoms with Crippen LogP contribution in [0.2, 0.25) is 0 Å². The number of alkyl halides is 3. The van der Waals surface area contributed by atoms with E-state index in [0.29, 0.717) is 16.7 Å². The molecule has 0 spiro atoms. The predicted molar refractivity (Wildman–Crippen MR) is 108 cm³/mol. The van der Waals surface area contributed by atoms with Crippen LogP contribution >= 0.6 is 7.82 Å². The summed E-state index contributed by atoms with van der Waals surface area (Å²) in [6.07, 6.45) is -5.80. The Morgan fingerprint density at radius 3 is 2.44 bits per heavy atom. The number of amides is 1. The molecule has 2 aromatic rings. The molecule has 0 saturated heterocycles. The van der Waals surface area contributed by atoms with Gasteiger partial charge in [-0.3, -0.25) is 14.2 Å². The van der Waals surface area contributed by atoms with E-state index in [1.54, 1.807) is 0 Å². The summed E-state index contributed by atoms with van der Waals surface area (Å²) in [5.74, 6) is -7.64. The average molecular weight is 544 g/mol. The predicted octanol–water partition coefficient (Wildman–Crippen LogP) is 2.53. The first kappa shape index (κ1) is 27.6. The Morgan fingerprint density at radius 1 is 1.19 bits per heavy atom. The molecule has 3 N–H and O–H groups in total. The first-order chi connectivity index (χ1) is 16.6. The van der Waals surface area contributed by atoms with Crippen molar-refractivity contribution < 1.29 is 54.4 Å². The van der Waals surface area contributed by atoms with Crippen LogP contribution in [0, 0.1) is 17.5 Å². The minimum Gasteiger partial charge on any atom is -0.366 e. The normalized spacial score (nSPS) is 16.3.